The van der Waals surface area contributed by atoms with Crippen molar-refractivity contribution in [1.29, 1.82) is 0 Å². The highest BCUT2D eigenvalue weighted by molar-refractivity contribution is 6.33. The quantitative estimate of drug-likeness (QED) is 0.801. The summed E-state index contributed by atoms with van der Waals surface area (Å²) in [6.45, 7) is 4.14. The Labute approximate surface area is 130 Å². The van der Waals surface area contributed by atoms with Gasteiger partial charge in [0.1, 0.15) is 0 Å². The molecule has 0 heterocycles. The maximum absolute atomic E-state index is 6.27. The average molecular weight is 309 g/mol. The van der Waals surface area contributed by atoms with Crippen LogP contribution in [0.15, 0.2) is 36.4 Å². The van der Waals surface area contributed by atoms with Gasteiger partial charge >= 0.3 is 0 Å². The fourth-order valence-corrected chi connectivity index (χ4v) is 2.76. The minimum absolute atomic E-state index is 0.141. The first-order valence-electron chi connectivity index (χ1n) is 6.44. The number of nitrogens with zero attached hydrogens (tertiary/aromatic N) is 1. The van der Waals surface area contributed by atoms with Gasteiger partial charge in [0.25, 0.3) is 0 Å². The molecular formula is C16H18Cl2N2. The van der Waals surface area contributed by atoms with E-state index in [1.54, 1.807) is 0 Å². The van der Waals surface area contributed by atoms with E-state index < -0.39 is 0 Å². The summed E-state index contributed by atoms with van der Waals surface area (Å²) in [6, 6.07) is 11.8. The van der Waals surface area contributed by atoms with E-state index in [9.17, 15) is 0 Å². The minimum atomic E-state index is 0.141. The molecule has 2 nitrogen and oxygen atoms in total. The van der Waals surface area contributed by atoms with Crippen molar-refractivity contribution >= 4 is 34.6 Å². The Morgan fingerprint density at radius 2 is 1.75 bits per heavy atom. The average Bonchev–Trinajstić information content (AvgIpc) is 2.42. The van der Waals surface area contributed by atoms with Crippen LogP contribution in [0, 0.1) is 6.92 Å². The van der Waals surface area contributed by atoms with Crippen molar-refractivity contribution in [3.63, 3.8) is 0 Å². The van der Waals surface area contributed by atoms with Crippen LogP contribution in [0.25, 0.3) is 0 Å². The van der Waals surface area contributed by atoms with Crippen molar-refractivity contribution < 1.29 is 0 Å². The van der Waals surface area contributed by atoms with Crippen LogP contribution in [-0.2, 0) is 0 Å². The van der Waals surface area contributed by atoms with Gasteiger partial charge in [0.05, 0.1) is 16.8 Å². The van der Waals surface area contributed by atoms with Crippen LogP contribution in [0.3, 0.4) is 0 Å². The molecule has 0 saturated carbocycles. The number of nitrogen functional groups attached to an aromatic ring is 1. The van der Waals surface area contributed by atoms with Crippen molar-refractivity contribution in [2.45, 2.75) is 19.9 Å². The lowest BCUT2D eigenvalue weighted by molar-refractivity contribution is 0.738. The summed E-state index contributed by atoms with van der Waals surface area (Å²) in [5.74, 6) is 0. The Hall–Kier alpha value is -1.38. The van der Waals surface area contributed by atoms with Crippen molar-refractivity contribution in [3.05, 3.63) is 57.6 Å². The summed E-state index contributed by atoms with van der Waals surface area (Å²) in [6.07, 6.45) is 0. The molecule has 106 valence electrons. The van der Waals surface area contributed by atoms with Crippen molar-refractivity contribution in [1.82, 2.24) is 0 Å². The molecule has 20 heavy (non-hydrogen) atoms. The minimum Gasteiger partial charge on any atom is -0.398 e. The molecule has 2 N–H and O–H groups in total. The zero-order valence-electron chi connectivity index (χ0n) is 11.8. The van der Waals surface area contributed by atoms with Gasteiger partial charge in [-0.3, -0.25) is 0 Å². The molecule has 0 fully saturated rings. The van der Waals surface area contributed by atoms with Crippen LogP contribution in [0.5, 0.6) is 0 Å². The number of hydrogen-bond acceptors (Lipinski definition) is 2. The van der Waals surface area contributed by atoms with Gasteiger partial charge < -0.3 is 10.6 Å². The number of anilines is 2. The lowest BCUT2D eigenvalue weighted by atomic mass is 10.0. The van der Waals surface area contributed by atoms with E-state index in [1.165, 1.54) is 0 Å². The molecule has 0 bridgehead atoms. The topological polar surface area (TPSA) is 29.3 Å². The summed E-state index contributed by atoms with van der Waals surface area (Å²) in [7, 11) is 2.03. The third kappa shape index (κ3) is 2.87. The van der Waals surface area contributed by atoms with Crippen LogP contribution >= 0.6 is 23.2 Å². The van der Waals surface area contributed by atoms with E-state index in [2.05, 4.69) is 11.8 Å². The van der Waals surface area contributed by atoms with Gasteiger partial charge in [-0.15, -0.1) is 0 Å². The van der Waals surface area contributed by atoms with Crippen molar-refractivity contribution in [3.8, 4) is 0 Å². The number of halogens is 2. The molecule has 2 aromatic carbocycles. The molecule has 2 rings (SSSR count). The highest BCUT2D eigenvalue weighted by atomic mass is 35.5. The molecule has 2 aromatic rings. The highest BCUT2D eigenvalue weighted by Crippen LogP contribution is 2.34. The predicted molar refractivity (Wildman–Crippen MR) is 88.9 cm³/mol. The monoisotopic (exact) mass is 308 g/mol. The van der Waals surface area contributed by atoms with Gasteiger partial charge in [0.15, 0.2) is 0 Å². The number of rotatable bonds is 3. The molecule has 0 aliphatic rings. The van der Waals surface area contributed by atoms with E-state index in [-0.39, 0.29) is 6.04 Å². The number of benzene rings is 2. The molecule has 4 heteroatoms. The Kier molecular flexibility index (Phi) is 4.46. The number of hydrogen-bond donors (Lipinski definition) is 1. The summed E-state index contributed by atoms with van der Waals surface area (Å²) < 4.78 is 0. The third-order valence-electron chi connectivity index (χ3n) is 3.63. The Bertz CT molecular complexity index is 626. The fraction of sp³-hybridized carbons (Fsp3) is 0.250. The first-order valence-corrected chi connectivity index (χ1v) is 7.20. The standard InChI is InChI=1S/C16H18Cl2N2/c1-10-8-15(19)14(18)9-16(10)20(3)11(2)12-6-4-5-7-13(12)17/h4-9,11H,19H2,1-3H3. The van der Waals surface area contributed by atoms with Crippen molar-refractivity contribution in [2.24, 2.45) is 0 Å². The molecule has 1 atom stereocenters. The molecule has 0 radical (unpaired) electrons. The second-order valence-corrected chi connectivity index (χ2v) is 5.78. The maximum atomic E-state index is 6.27. The molecule has 0 amide bonds. The van der Waals surface area contributed by atoms with E-state index in [0.717, 1.165) is 21.8 Å². The summed E-state index contributed by atoms with van der Waals surface area (Å²) in [5, 5.41) is 1.34. The van der Waals surface area contributed by atoms with Crippen LogP contribution < -0.4 is 10.6 Å². The molecular weight excluding hydrogens is 291 g/mol. The van der Waals surface area contributed by atoms with Crippen LogP contribution in [-0.4, -0.2) is 7.05 Å². The van der Waals surface area contributed by atoms with Crippen LogP contribution in [0.4, 0.5) is 11.4 Å². The lowest BCUT2D eigenvalue weighted by Crippen LogP contribution is -2.22. The van der Waals surface area contributed by atoms with Gasteiger partial charge in [-0.2, -0.15) is 0 Å². The van der Waals surface area contributed by atoms with Gasteiger partial charge in [-0.05, 0) is 43.2 Å². The van der Waals surface area contributed by atoms with E-state index in [1.807, 2.05) is 50.4 Å². The Morgan fingerprint density at radius 1 is 1.10 bits per heavy atom. The molecule has 0 aliphatic heterocycles. The van der Waals surface area contributed by atoms with E-state index in [4.69, 9.17) is 28.9 Å². The fourth-order valence-electron chi connectivity index (χ4n) is 2.30. The largest absolute Gasteiger partial charge is 0.398 e. The van der Waals surface area contributed by atoms with E-state index in [0.29, 0.717) is 10.7 Å². The van der Waals surface area contributed by atoms with Crippen molar-refractivity contribution in [2.75, 3.05) is 17.7 Å². The van der Waals surface area contributed by atoms with E-state index >= 15 is 0 Å². The number of aryl methyl sites for hydroxylation is 1. The smallest absolute Gasteiger partial charge is 0.0656 e. The summed E-state index contributed by atoms with van der Waals surface area (Å²) >= 11 is 12.4. The van der Waals surface area contributed by atoms with Crippen LogP contribution in [0.1, 0.15) is 24.1 Å². The maximum Gasteiger partial charge on any atom is 0.0656 e. The SMILES string of the molecule is Cc1cc(N)c(Cl)cc1N(C)C(C)c1ccccc1Cl. The zero-order chi connectivity index (χ0) is 14.9. The predicted octanol–water partition coefficient (Wildman–Crippen LogP) is 5.08. The molecule has 0 spiro atoms. The Morgan fingerprint density at radius 3 is 2.40 bits per heavy atom. The van der Waals surface area contributed by atoms with Gasteiger partial charge in [0.2, 0.25) is 0 Å². The summed E-state index contributed by atoms with van der Waals surface area (Å²) in [5.41, 5.74) is 9.66. The highest BCUT2D eigenvalue weighted by Gasteiger charge is 2.17. The molecule has 0 aromatic heterocycles. The van der Waals surface area contributed by atoms with Gasteiger partial charge in [0, 0.05) is 17.8 Å². The molecule has 0 aliphatic carbocycles. The zero-order valence-corrected chi connectivity index (χ0v) is 13.3. The first-order chi connectivity index (χ1) is 9.41. The second kappa shape index (κ2) is 5.94. The van der Waals surface area contributed by atoms with Crippen LogP contribution in [0.2, 0.25) is 10.0 Å². The first kappa shape index (κ1) is 15.0. The second-order valence-electron chi connectivity index (χ2n) is 4.97. The lowest BCUT2D eigenvalue weighted by Gasteiger charge is -2.29. The molecule has 1 unspecified atom stereocenters. The number of nitrogens with two attached hydrogens (primary N) is 1. The normalized spacial score (nSPS) is 12.2. The Balaban J connectivity index is 2.39. The van der Waals surface area contributed by atoms with Gasteiger partial charge in [-0.25, -0.2) is 0 Å². The van der Waals surface area contributed by atoms with Gasteiger partial charge in [-0.1, -0.05) is 41.4 Å². The summed E-state index contributed by atoms with van der Waals surface area (Å²) in [4.78, 5) is 2.15. The third-order valence-corrected chi connectivity index (χ3v) is 4.30. The molecule has 0 saturated heterocycles.